The van der Waals surface area contributed by atoms with Gasteiger partial charge in [0.15, 0.2) is 0 Å². The van der Waals surface area contributed by atoms with Gasteiger partial charge in [-0.15, -0.1) is 6.58 Å². The molecular formula is C20H32O2. The van der Waals surface area contributed by atoms with Gasteiger partial charge in [-0.3, -0.25) is 4.79 Å². The minimum absolute atomic E-state index is 0.0293. The topological polar surface area (TPSA) is 37.3 Å². The van der Waals surface area contributed by atoms with E-state index in [2.05, 4.69) is 34.3 Å². The molecule has 0 heterocycles. The van der Waals surface area contributed by atoms with Crippen molar-refractivity contribution in [3.05, 3.63) is 23.8 Å². The fourth-order valence-corrected chi connectivity index (χ4v) is 5.12. The van der Waals surface area contributed by atoms with Crippen LogP contribution >= 0.6 is 0 Å². The van der Waals surface area contributed by atoms with Crippen LogP contribution in [-0.4, -0.2) is 16.5 Å². The van der Waals surface area contributed by atoms with Crippen molar-refractivity contribution in [2.24, 2.45) is 16.7 Å². The maximum Gasteiger partial charge on any atom is 0.141 e. The number of carbonyl (C=O) groups excluding carboxylic acids is 1. The normalized spacial score (nSPS) is 34.1. The Kier molecular flexibility index (Phi) is 4.47. The molecular weight excluding hydrogens is 272 g/mol. The molecule has 2 rings (SSSR count). The summed E-state index contributed by atoms with van der Waals surface area (Å²) < 4.78 is 0. The highest BCUT2D eigenvalue weighted by Gasteiger charge is 2.53. The van der Waals surface area contributed by atoms with Crippen LogP contribution in [0.1, 0.15) is 73.1 Å². The van der Waals surface area contributed by atoms with Crippen molar-refractivity contribution in [2.45, 2.75) is 78.7 Å². The second-order valence-electron chi connectivity index (χ2n) is 8.66. The monoisotopic (exact) mass is 304 g/mol. The van der Waals surface area contributed by atoms with E-state index in [4.69, 9.17) is 0 Å². The van der Waals surface area contributed by atoms with Crippen LogP contribution in [0.25, 0.3) is 0 Å². The van der Waals surface area contributed by atoms with Gasteiger partial charge in [-0.2, -0.15) is 0 Å². The summed E-state index contributed by atoms with van der Waals surface area (Å²) in [5.41, 5.74) is 1.88. The van der Waals surface area contributed by atoms with Gasteiger partial charge < -0.3 is 5.11 Å². The molecule has 0 radical (unpaired) electrons. The molecule has 0 spiro atoms. The van der Waals surface area contributed by atoms with Crippen LogP contribution in [0.3, 0.4) is 0 Å². The molecule has 22 heavy (non-hydrogen) atoms. The number of carbonyl (C=O) groups is 1. The number of fused-ring (bicyclic) bond motifs is 1. The summed E-state index contributed by atoms with van der Waals surface area (Å²) in [6.07, 6.45) is 7.17. The van der Waals surface area contributed by atoms with Gasteiger partial charge in [0.2, 0.25) is 0 Å². The second-order valence-corrected chi connectivity index (χ2v) is 8.66. The van der Waals surface area contributed by atoms with Crippen LogP contribution in [0.5, 0.6) is 0 Å². The Hall–Kier alpha value is -0.890. The van der Waals surface area contributed by atoms with Crippen molar-refractivity contribution in [1.82, 2.24) is 0 Å². The molecule has 1 N–H and O–H groups in total. The van der Waals surface area contributed by atoms with E-state index in [1.54, 1.807) is 6.08 Å². The Morgan fingerprint density at radius 1 is 1.36 bits per heavy atom. The number of ketones is 1. The predicted octanol–water partition coefficient (Wildman–Crippen LogP) is 4.83. The maximum absolute atomic E-state index is 12.8. The van der Waals surface area contributed by atoms with Crippen LogP contribution in [0, 0.1) is 16.7 Å². The summed E-state index contributed by atoms with van der Waals surface area (Å²) >= 11 is 0. The lowest BCUT2D eigenvalue weighted by Gasteiger charge is -2.54. The quantitative estimate of drug-likeness (QED) is 0.756. The van der Waals surface area contributed by atoms with Crippen molar-refractivity contribution in [1.29, 1.82) is 0 Å². The first-order valence-corrected chi connectivity index (χ1v) is 8.61. The van der Waals surface area contributed by atoms with Crippen molar-refractivity contribution in [3.63, 3.8) is 0 Å². The standard InChI is InChI=1S/C20H32O2/c1-7-19(5,22)12-9-15-14(2)13-16(21)17-18(3,4)10-8-11-20(15,17)6/h7,17,22H,1,8-13H2,2-6H3/t17-,19+,20+/m0/s1. The highest BCUT2D eigenvalue weighted by atomic mass is 16.3. The Morgan fingerprint density at radius 3 is 2.59 bits per heavy atom. The van der Waals surface area contributed by atoms with Crippen LogP contribution in [0.15, 0.2) is 23.8 Å². The highest BCUT2D eigenvalue weighted by Crippen LogP contribution is 2.59. The van der Waals surface area contributed by atoms with Gasteiger partial charge in [-0.1, -0.05) is 44.4 Å². The molecule has 0 aromatic carbocycles. The molecule has 0 unspecified atom stereocenters. The molecule has 2 heteroatoms. The number of Topliss-reactive ketones (excluding diaryl/α,β-unsaturated/α-hetero) is 1. The van der Waals surface area contributed by atoms with Gasteiger partial charge in [0.25, 0.3) is 0 Å². The summed E-state index contributed by atoms with van der Waals surface area (Å²) in [6, 6.07) is 0. The van der Waals surface area contributed by atoms with Gasteiger partial charge >= 0.3 is 0 Å². The fourth-order valence-electron chi connectivity index (χ4n) is 5.12. The average Bonchev–Trinajstić information content (AvgIpc) is 2.36. The van der Waals surface area contributed by atoms with Crippen LogP contribution in [-0.2, 0) is 4.79 Å². The predicted molar refractivity (Wildman–Crippen MR) is 91.6 cm³/mol. The zero-order chi connectivity index (χ0) is 16.8. The Labute approximate surface area is 135 Å². The van der Waals surface area contributed by atoms with Crippen molar-refractivity contribution >= 4 is 5.78 Å². The van der Waals surface area contributed by atoms with E-state index in [-0.39, 0.29) is 16.7 Å². The summed E-state index contributed by atoms with van der Waals surface area (Å²) in [7, 11) is 0. The van der Waals surface area contributed by atoms with E-state index in [1.807, 2.05) is 6.92 Å². The molecule has 0 saturated heterocycles. The number of rotatable bonds is 4. The highest BCUT2D eigenvalue weighted by molar-refractivity contribution is 5.87. The Morgan fingerprint density at radius 2 is 2.00 bits per heavy atom. The lowest BCUT2D eigenvalue weighted by Crippen LogP contribution is -2.50. The minimum atomic E-state index is -0.829. The summed E-state index contributed by atoms with van der Waals surface area (Å²) in [5.74, 6) is 0.546. The maximum atomic E-state index is 12.8. The van der Waals surface area contributed by atoms with Crippen LogP contribution < -0.4 is 0 Å². The van der Waals surface area contributed by atoms with E-state index in [0.717, 1.165) is 19.3 Å². The van der Waals surface area contributed by atoms with Gasteiger partial charge in [0.1, 0.15) is 5.78 Å². The second kappa shape index (κ2) is 5.63. The molecule has 0 aromatic heterocycles. The van der Waals surface area contributed by atoms with Crippen molar-refractivity contribution in [2.75, 3.05) is 0 Å². The molecule has 2 nitrogen and oxygen atoms in total. The van der Waals surface area contributed by atoms with Gasteiger partial charge in [0, 0.05) is 12.3 Å². The van der Waals surface area contributed by atoms with E-state index in [1.165, 1.54) is 17.6 Å². The van der Waals surface area contributed by atoms with E-state index in [9.17, 15) is 9.90 Å². The van der Waals surface area contributed by atoms with Crippen LogP contribution in [0.2, 0.25) is 0 Å². The number of aliphatic hydroxyl groups is 1. The first kappa shape index (κ1) is 17.5. The van der Waals surface area contributed by atoms with E-state index in [0.29, 0.717) is 18.6 Å². The molecule has 1 saturated carbocycles. The van der Waals surface area contributed by atoms with Crippen molar-refractivity contribution in [3.8, 4) is 0 Å². The first-order valence-electron chi connectivity index (χ1n) is 8.61. The molecule has 0 aromatic rings. The Bertz CT molecular complexity index is 510. The molecule has 124 valence electrons. The summed E-state index contributed by atoms with van der Waals surface area (Å²) in [4.78, 5) is 12.8. The summed E-state index contributed by atoms with van der Waals surface area (Å²) in [6.45, 7) is 14.5. The zero-order valence-corrected chi connectivity index (χ0v) is 15.0. The third-order valence-electron chi connectivity index (χ3n) is 6.22. The smallest absolute Gasteiger partial charge is 0.141 e. The molecule has 0 bridgehead atoms. The third kappa shape index (κ3) is 2.95. The lowest BCUT2D eigenvalue weighted by molar-refractivity contribution is -0.135. The molecule has 0 aliphatic heterocycles. The van der Waals surface area contributed by atoms with E-state index < -0.39 is 5.60 Å². The third-order valence-corrected chi connectivity index (χ3v) is 6.22. The summed E-state index contributed by atoms with van der Waals surface area (Å²) in [5, 5.41) is 10.3. The molecule has 2 aliphatic carbocycles. The average molecular weight is 304 g/mol. The fraction of sp³-hybridized carbons (Fsp3) is 0.750. The number of allylic oxidation sites excluding steroid dienone is 2. The Balaban J connectivity index is 2.37. The minimum Gasteiger partial charge on any atom is -0.386 e. The molecule has 3 atom stereocenters. The van der Waals surface area contributed by atoms with E-state index >= 15 is 0 Å². The lowest BCUT2D eigenvalue weighted by atomic mass is 9.49. The largest absolute Gasteiger partial charge is 0.386 e. The van der Waals surface area contributed by atoms with Gasteiger partial charge in [0.05, 0.1) is 5.60 Å². The molecule has 2 aliphatic rings. The van der Waals surface area contributed by atoms with Crippen LogP contribution in [0.4, 0.5) is 0 Å². The molecule has 0 amide bonds. The zero-order valence-electron chi connectivity index (χ0n) is 15.0. The van der Waals surface area contributed by atoms with Crippen molar-refractivity contribution < 1.29 is 9.90 Å². The molecule has 1 fully saturated rings. The number of hydrogen-bond acceptors (Lipinski definition) is 2. The van der Waals surface area contributed by atoms with Gasteiger partial charge in [-0.25, -0.2) is 0 Å². The first-order chi connectivity index (χ1) is 10.0. The van der Waals surface area contributed by atoms with Gasteiger partial charge in [-0.05, 0) is 50.4 Å². The SMILES string of the molecule is C=C[C@@](C)(O)CCC1=C(C)CC(=O)[C@H]2C(C)(C)CCC[C@]12C. The number of hydrogen-bond donors (Lipinski definition) is 1.